The highest BCUT2D eigenvalue weighted by atomic mass is 32.1. The third kappa shape index (κ3) is 1.90. The van der Waals surface area contributed by atoms with E-state index in [0.717, 1.165) is 21.8 Å². The number of ether oxygens (including phenoxy) is 1. The van der Waals surface area contributed by atoms with Gasteiger partial charge in [0.15, 0.2) is 0 Å². The SMILES string of the molecule is COc1ccccc1-c1cnc(C(=O)[O-])s1. The third-order valence-electron chi connectivity index (χ3n) is 2.05. The molecule has 4 nitrogen and oxygen atoms in total. The first-order chi connectivity index (χ1) is 7.72. The highest BCUT2D eigenvalue weighted by Gasteiger charge is 2.09. The number of carboxylic acid groups (broad SMARTS) is 1. The number of aromatic nitrogens is 1. The summed E-state index contributed by atoms with van der Waals surface area (Å²) in [5, 5.41) is 10.6. The van der Waals surface area contributed by atoms with E-state index in [2.05, 4.69) is 4.98 Å². The molecule has 0 radical (unpaired) electrons. The minimum atomic E-state index is -1.26. The Bertz CT molecular complexity index is 521. The van der Waals surface area contributed by atoms with Crippen molar-refractivity contribution < 1.29 is 14.6 Å². The molecule has 0 aliphatic rings. The van der Waals surface area contributed by atoms with E-state index in [1.807, 2.05) is 24.3 Å². The Morgan fingerprint density at radius 2 is 2.19 bits per heavy atom. The fourth-order valence-corrected chi connectivity index (χ4v) is 2.12. The summed E-state index contributed by atoms with van der Waals surface area (Å²) in [6.07, 6.45) is 1.51. The Hall–Kier alpha value is -1.88. The Morgan fingerprint density at radius 3 is 2.81 bits per heavy atom. The molecular formula is C11H8NO3S-. The van der Waals surface area contributed by atoms with E-state index in [9.17, 15) is 9.90 Å². The zero-order valence-corrected chi connectivity index (χ0v) is 9.28. The standard InChI is InChI=1S/C11H9NO3S/c1-15-8-5-3-2-4-7(8)9-6-12-10(16-9)11(13)14/h2-6H,1H3,(H,13,14)/p-1. The third-order valence-corrected chi connectivity index (χ3v) is 3.06. The van der Waals surface area contributed by atoms with Gasteiger partial charge in [-0.2, -0.15) is 0 Å². The lowest BCUT2D eigenvalue weighted by atomic mass is 10.2. The summed E-state index contributed by atoms with van der Waals surface area (Å²) in [6, 6.07) is 7.37. The molecule has 1 heterocycles. The van der Waals surface area contributed by atoms with Gasteiger partial charge in [0.05, 0.1) is 12.0 Å². The van der Waals surface area contributed by atoms with Crippen molar-refractivity contribution in [3.63, 3.8) is 0 Å². The number of thiazole rings is 1. The topological polar surface area (TPSA) is 62.2 Å². The van der Waals surface area contributed by atoms with Crippen LogP contribution in [0.2, 0.25) is 0 Å². The van der Waals surface area contributed by atoms with E-state index in [0.29, 0.717) is 5.75 Å². The molecule has 1 aromatic carbocycles. The number of nitrogens with zero attached hydrogens (tertiary/aromatic N) is 1. The summed E-state index contributed by atoms with van der Waals surface area (Å²) in [5.74, 6) is -0.567. The zero-order chi connectivity index (χ0) is 11.5. The van der Waals surface area contributed by atoms with Crippen LogP contribution in [0.5, 0.6) is 5.75 Å². The van der Waals surface area contributed by atoms with Crippen LogP contribution in [0.3, 0.4) is 0 Å². The number of methoxy groups -OCH3 is 1. The number of carboxylic acids is 1. The van der Waals surface area contributed by atoms with Crippen LogP contribution >= 0.6 is 11.3 Å². The van der Waals surface area contributed by atoms with Crippen LogP contribution in [-0.2, 0) is 0 Å². The summed E-state index contributed by atoms with van der Waals surface area (Å²) in [7, 11) is 1.57. The highest BCUT2D eigenvalue weighted by molar-refractivity contribution is 7.16. The maximum Gasteiger partial charge on any atom is 0.139 e. The van der Waals surface area contributed by atoms with Crippen molar-refractivity contribution in [3.8, 4) is 16.2 Å². The molecule has 2 aromatic rings. The lowest BCUT2D eigenvalue weighted by Gasteiger charge is -2.04. The van der Waals surface area contributed by atoms with E-state index in [-0.39, 0.29) is 5.01 Å². The normalized spacial score (nSPS) is 10.1. The van der Waals surface area contributed by atoms with Crippen LogP contribution in [0.1, 0.15) is 9.80 Å². The van der Waals surface area contributed by atoms with Crippen molar-refractivity contribution in [1.29, 1.82) is 0 Å². The lowest BCUT2D eigenvalue weighted by molar-refractivity contribution is -0.255. The predicted octanol–water partition coefficient (Wildman–Crippen LogP) is 1.18. The van der Waals surface area contributed by atoms with Gasteiger partial charge in [-0.05, 0) is 12.1 Å². The Morgan fingerprint density at radius 1 is 1.44 bits per heavy atom. The number of hydrogen-bond acceptors (Lipinski definition) is 5. The monoisotopic (exact) mass is 234 g/mol. The van der Waals surface area contributed by atoms with Crippen LogP contribution in [0, 0.1) is 0 Å². The molecule has 0 aliphatic carbocycles. The Labute approximate surface area is 96.1 Å². The number of aromatic carboxylic acids is 1. The van der Waals surface area contributed by atoms with Gasteiger partial charge in [0.1, 0.15) is 16.7 Å². The van der Waals surface area contributed by atoms with Crippen molar-refractivity contribution in [1.82, 2.24) is 4.98 Å². The Kier molecular flexibility index (Phi) is 2.87. The van der Waals surface area contributed by atoms with E-state index >= 15 is 0 Å². The molecule has 2 rings (SSSR count). The quantitative estimate of drug-likeness (QED) is 0.800. The van der Waals surface area contributed by atoms with Gasteiger partial charge in [-0.1, -0.05) is 12.1 Å². The Balaban J connectivity index is 2.46. The molecule has 0 unspecified atom stereocenters. The summed E-state index contributed by atoms with van der Waals surface area (Å²) in [6.45, 7) is 0. The van der Waals surface area contributed by atoms with Gasteiger partial charge in [-0.15, -0.1) is 11.3 Å². The molecule has 0 N–H and O–H groups in total. The van der Waals surface area contributed by atoms with E-state index < -0.39 is 5.97 Å². The first-order valence-corrected chi connectivity index (χ1v) is 5.34. The van der Waals surface area contributed by atoms with Gasteiger partial charge < -0.3 is 14.6 Å². The molecule has 0 saturated heterocycles. The van der Waals surface area contributed by atoms with E-state index in [4.69, 9.17) is 4.74 Å². The average Bonchev–Trinajstić information content (AvgIpc) is 2.78. The second kappa shape index (κ2) is 4.32. The number of carbonyl (C=O) groups excluding carboxylic acids is 1. The lowest BCUT2D eigenvalue weighted by Crippen LogP contribution is -2.21. The molecule has 16 heavy (non-hydrogen) atoms. The van der Waals surface area contributed by atoms with Crippen LogP contribution in [0.15, 0.2) is 30.5 Å². The van der Waals surface area contributed by atoms with Crippen LogP contribution in [-0.4, -0.2) is 18.1 Å². The maximum atomic E-state index is 10.6. The second-order valence-electron chi connectivity index (χ2n) is 3.02. The molecular weight excluding hydrogens is 226 g/mol. The van der Waals surface area contributed by atoms with Crippen LogP contribution in [0.25, 0.3) is 10.4 Å². The van der Waals surface area contributed by atoms with Crippen molar-refractivity contribution in [2.24, 2.45) is 0 Å². The molecule has 0 saturated carbocycles. The predicted molar refractivity (Wildman–Crippen MR) is 58.4 cm³/mol. The summed E-state index contributed by atoms with van der Waals surface area (Å²) in [4.78, 5) is 15.1. The average molecular weight is 234 g/mol. The fraction of sp³-hybridized carbons (Fsp3) is 0.0909. The summed E-state index contributed by atoms with van der Waals surface area (Å²) in [5.41, 5.74) is 0.829. The minimum Gasteiger partial charge on any atom is -0.542 e. The van der Waals surface area contributed by atoms with Gasteiger partial charge in [0, 0.05) is 11.8 Å². The van der Waals surface area contributed by atoms with Gasteiger partial charge in [-0.25, -0.2) is 4.98 Å². The molecule has 1 aromatic heterocycles. The molecule has 0 bridgehead atoms. The van der Waals surface area contributed by atoms with Crippen molar-refractivity contribution in [2.75, 3.05) is 7.11 Å². The number of benzene rings is 1. The molecule has 0 atom stereocenters. The fourth-order valence-electron chi connectivity index (χ4n) is 1.34. The minimum absolute atomic E-state index is 0.0269. The van der Waals surface area contributed by atoms with Gasteiger partial charge in [-0.3, -0.25) is 0 Å². The van der Waals surface area contributed by atoms with E-state index in [1.165, 1.54) is 6.20 Å². The number of carbonyl (C=O) groups is 1. The largest absolute Gasteiger partial charge is 0.542 e. The second-order valence-corrected chi connectivity index (χ2v) is 4.05. The summed E-state index contributed by atoms with van der Waals surface area (Å²) >= 11 is 1.07. The number of para-hydroxylation sites is 1. The number of rotatable bonds is 3. The number of hydrogen-bond donors (Lipinski definition) is 0. The van der Waals surface area contributed by atoms with Crippen LogP contribution < -0.4 is 9.84 Å². The first kappa shape index (κ1) is 10.6. The highest BCUT2D eigenvalue weighted by Crippen LogP contribution is 2.33. The molecule has 0 spiro atoms. The molecule has 0 fully saturated rings. The maximum absolute atomic E-state index is 10.6. The van der Waals surface area contributed by atoms with Crippen molar-refractivity contribution >= 4 is 17.3 Å². The van der Waals surface area contributed by atoms with Crippen molar-refractivity contribution in [2.45, 2.75) is 0 Å². The van der Waals surface area contributed by atoms with Crippen molar-refractivity contribution in [3.05, 3.63) is 35.5 Å². The smallest absolute Gasteiger partial charge is 0.139 e. The molecule has 0 amide bonds. The first-order valence-electron chi connectivity index (χ1n) is 4.53. The van der Waals surface area contributed by atoms with E-state index in [1.54, 1.807) is 7.11 Å². The summed E-state index contributed by atoms with van der Waals surface area (Å²) < 4.78 is 5.19. The van der Waals surface area contributed by atoms with Gasteiger partial charge >= 0.3 is 0 Å². The van der Waals surface area contributed by atoms with Gasteiger partial charge in [0.25, 0.3) is 0 Å². The molecule has 5 heteroatoms. The van der Waals surface area contributed by atoms with Crippen LogP contribution in [0.4, 0.5) is 0 Å². The molecule has 0 aliphatic heterocycles. The zero-order valence-electron chi connectivity index (χ0n) is 8.47. The molecule has 82 valence electrons. The van der Waals surface area contributed by atoms with Gasteiger partial charge in [0.2, 0.25) is 0 Å².